The highest BCUT2D eigenvalue weighted by Gasteiger charge is 2.12. The van der Waals surface area contributed by atoms with Crippen molar-refractivity contribution in [2.45, 2.75) is 33.2 Å². The average Bonchev–Trinajstić information content (AvgIpc) is 2.59. The normalized spacial score (nSPS) is 12.2. The molecule has 1 atom stereocenters. The number of hydrogen-bond acceptors (Lipinski definition) is 4. The molecule has 5 nitrogen and oxygen atoms in total. The van der Waals surface area contributed by atoms with Crippen molar-refractivity contribution in [3.63, 3.8) is 0 Å². The van der Waals surface area contributed by atoms with Crippen molar-refractivity contribution in [3.8, 4) is 5.75 Å². The molecular weight excluding hydrogens is 316 g/mol. The fourth-order valence-corrected chi connectivity index (χ4v) is 2.67. The first-order chi connectivity index (χ1) is 11.9. The number of non-ortho nitro benzene ring substituents is 1. The van der Waals surface area contributed by atoms with Crippen molar-refractivity contribution in [2.24, 2.45) is 0 Å². The number of rotatable bonds is 8. The Morgan fingerprint density at radius 2 is 1.72 bits per heavy atom. The summed E-state index contributed by atoms with van der Waals surface area (Å²) < 4.78 is 6.03. The van der Waals surface area contributed by atoms with E-state index in [0.717, 1.165) is 35.4 Å². The number of para-hydroxylation sites is 1. The van der Waals surface area contributed by atoms with Crippen molar-refractivity contribution >= 4 is 5.69 Å². The molecule has 0 saturated carbocycles. The van der Waals surface area contributed by atoms with Gasteiger partial charge in [0.2, 0.25) is 0 Å². The Balaban J connectivity index is 1.83. The molecule has 0 aromatic heterocycles. The molecule has 1 unspecified atom stereocenters. The van der Waals surface area contributed by atoms with Gasteiger partial charge >= 0.3 is 0 Å². The lowest BCUT2D eigenvalue weighted by molar-refractivity contribution is -0.384. The second-order valence-electron chi connectivity index (χ2n) is 6.54. The molecule has 0 aliphatic heterocycles. The third kappa shape index (κ3) is 5.29. The second kappa shape index (κ2) is 8.62. The second-order valence-corrected chi connectivity index (χ2v) is 6.54. The van der Waals surface area contributed by atoms with Gasteiger partial charge in [0.05, 0.1) is 4.92 Å². The molecule has 0 fully saturated rings. The highest BCUT2D eigenvalue weighted by molar-refractivity contribution is 5.39. The maximum atomic E-state index is 10.7. The van der Waals surface area contributed by atoms with E-state index in [0.29, 0.717) is 6.61 Å². The van der Waals surface area contributed by atoms with Crippen LogP contribution in [0.15, 0.2) is 42.5 Å². The number of hydrogen-bond donors (Lipinski definition) is 0. The molecule has 0 spiro atoms. The number of aryl methyl sites for hydroxylation is 2. The quantitative estimate of drug-likeness (QED) is 0.534. The Labute approximate surface area is 149 Å². The lowest BCUT2D eigenvalue weighted by Crippen LogP contribution is -2.35. The first-order valence-corrected chi connectivity index (χ1v) is 8.51. The lowest BCUT2D eigenvalue weighted by atomic mass is 10.1. The summed E-state index contributed by atoms with van der Waals surface area (Å²) in [7, 11) is 2.07. The number of nitrogens with zero attached hydrogens (tertiary/aromatic N) is 2. The maximum Gasteiger partial charge on any atom is 0.269 e. The fraction of sp³-hybridized carbons (Fsp3) is 0.400. The van der Waals surface area contributed by atoms with Gasteiger partial charge in [-0.05, 0) is 50.9 Å². The summed E-state index contributed by atoms with van der Waals surface area (Å²) >= 11 is 0. The van der Waals surface area contributed by atoms with Gasteiger partial charge in [-0.2, -0.15) is 0 Å². The zero-order valence-corrected chi connectivity index (χ0v) is 15.4. The molecule has 0 heterocycles. The molecule has 25 heavy (non-hydrogen) atoms. The zero-order chi connectivity index (χ0) is 18.4. The van der Waals surface area contributed by atoms with Gasteiger partial charge in [-0.1, -0.05) is 30.3 Å². The number of nitro benzene ring substituents is 1. The van der Waals surface area contributed by atoms with Crippen molar-refractivity contribution < 1.29 is 9.66 Å². The molecule has 2 aromatic rings. The van der Waals surface area contributed by atoms with Crippen LogP contribution in [0.3, 0.4) is 0 Å². The van der Waals surface area contributed by atoms with Gasteiger partial charge in [0, 0.05) is 24.7 Å². The van der Waals surface area contributed by atoms with Crippen LogP contribution in [0, 0.1) is 24.0 Å². The van der Waals surface area contributed by atoms with Crippen molar-refractivity contribution in [1.82, 2.24) is 4.90 Å². The molecule has 0 N–H and O–H groups in total. The summed E-state index contributed by atoms with van der Waals surface area (Å²) in [5.74, 6) is 0.970. The van der Waals surface area contributed by atoms with Crippen LogP contribution in [-0.4, -0.2) is 36.1 Å². The van der Waals surface area contributed by atoms with Crippen LogP contribution in [0.4, 0.5) is 5.69 Å². The Hall–Kier alpha value is -2.40. The van der Waals surface area contributed by atoms with Gasteiger partial charge in [0.1, 0.15) is 12.4 Å². The minimum Gasteiger partial charge on any atom is -0.491 e. The van der Waals surface area contributed by atoms with Crippen LogP contribution in [0.25, 0.3) is 0 Å². The van der Waals surface area contributed by atoms with Crippen molar-refractivity contribution in [2.75, 3.05) is 20.2 Å². The highest BCUT2D eigenvalue weighted by atomic mass is 16.6. The van der Waals surface area contributed by atoms with Crippen LogP contribution >= 0.6 is 0 Å². The Bertz CT molecular complexity index is 693. The Kier molecular flexibility index (Phi) is 6.53. The van der Waals surface area contributed by atoms with Gasteiger partial charge in [0.15, 0.2) is 0 Å². The summed E-state index contributed by atoms with van der Waals surface area (Å²) in [6, 6.07) is 13.2. The minimum atomic E-state index is -0.372. The van der Waals surface area contributed by atoms with Gasteiger partial charge in [-0.15, -0.1) is 0 Å². The van der Waals surface area contributed by atoms with Gasteiger partial charge in [0.25, 0.3) is 5.69 Å². The minimum absolute atomic E-state index is 0.132. The van der Waals surface area contributed by atoms with Crippen LogP contribution in [0.5, 0.6) is 5.75 Å². The summed E-state index contributed by atoms with van der Waals surface area (Å²) in [6.07, 6.45) is 0.849. The zero-order valence-electron chi connectivity index (χ0n) is 15.4. The van der Waals surface area contributed by atoms with E-state index in [-0.39, 0.29) is 16.7 Å². The van der Waals surface area contributed by atoms with Crippen molar-refractivity contribution in [3.05, 3.63) is 69.3 Å². The van der Waals surface area contributed by atoms with E-state index in [1.807, 2.05) is 18.2 Å². The van der Waals surface area contributed by atoms with Crippen LogP contribution in [0.1, 0.15) is 23.6 Å². The number of nitro groups is 1. The molecule has 2 aromatic carbocycles. The SMILES string of the molecule is Cc1cccc(C)c1OCC(C)N(C)CCc1ccc([N+](=O)[O-])cc1. The van der Waals surface area contributed by atoms with Gasteiger partial charge in [-0.3, -0.25) is 15.0 Å². The highest BCUT2D eigenvalue weighted by Crippen LogP contribution is 2.22. The molecule has 2 rings (SSSR count). The topological polar surface area (TPSA) is 55.6 Å². The molecule has 0 saturated heterocycles. The van der Waals surface area contributed by atoms with E-state index < -0.39 is 0 Å². The van der Waals surface area contributed by atoms with E-state index in [1.54, 1.807) is 12.1 Å². The van der Waals surface area contributed by atoms with Gasteiger partial charge < -0.3 is 4.74 Å². The monoisotopic (exact) mass is 342 g/mol. The first-order valence-electron chi connectivity index (χ1n) is 8.51. The summed E-state index contributed by atoms with van der Waals surface area (Å²) in [5.41, 5.74) is 3.54. The van der Waals surface area contributed by atoms with Crippen LogP contribution in [-0.2, 0) is 6.42 Å². The average molecular weight is 342 g/mol. The molecule has 0 bridgehead atoms. The van der Waals surface area contributed by atoms with Crippen molar-refractivity contribution in [1.29, 1.82) is 0 Å². The van der Waals surface area contributed by atoms with E-state index in [9.17, 15) is 10.1 Å². The lowest BCUT2D eigenvalue weighted by Gasteiger charge is -2.25. The van der Waals surface area contributed by atoms with Crippen LogP contribution in [0.2, 0.25) is 0 Å². The molecule has 134 valence electrons. The summed E-state index contributed by atoms with van der Waals surface area (Å²) in [6.45, 7) is 7.76. The largest absolute Gasteiger partial charge is 0.491 e. The molecular formula is C20H26N2O3. The summed E-state index contributed by atoms with van der Waals surface area (Å²) in [4.78, 5) is 12.6. The third-order valence-corrected chi connectivity index (χ3v) is 4.53. The summed E-state index contributed by atoms with van der Waals surface area (Å²) in [5, 5.41) is 10.7. The molecule has 0 amide bonds. The standard InChI is InChI=1S/C20H26N2O3/c1-15-6-5-7-16(2)20(15)25-14-17(3)21(4)13-12-18-8-10-19(11-9-18)22(23)24/h5-11,17H,12-14H2,1-4H3. The molecule has 0 radical (unpaired) electrons. The van der Waals surface area contributed by atoms with E-state index in [2.05, 4.69) is 44.9 Å². The molecule has 5 heteroatoms. The van der Waals surface area contributed by atoms with Crippen LogP contribution < -0.4 is 4.74 Å². The number of likely N-dealkylation sites (N-methyl/N-ethyl adjacent to an activating group) is 1. The van der Waals surface area contributed by atoms with E-state index in [4.69, 9.17) is 4.74 Å². The number of ether oxygens (including phenoxy) is 1. The fourth-order valence-electron chi connectivity index (χ4n) is 2.67. The Morgan fingerprint density at radius 1 is 1.12 bits per heavy atom. The molecule has 0 aliphatic carbocycles. The van der Waals surface area contributed by atoms with E-state index in [1.165, 1.54) is 0 Å². The maximum absolute atomic E-state index is 10.7. The predicted molar refractivity (Wildman–Crippen MR) is 100 cm³/mol. The Morgan fingerprint density at radius 3 is 2.28 bits per heavy atom. The molecule has 0 aliphatic rings. The number of benzene rings is 2. The smallest absolute Gasteiger partial charge is 0.269 e. The first kappa shape index (κ1) is 18.9. The predicted octanol–water partition coefficient (Wildman–Crippen LogP) is 4.15. The van der Waals surface area contributed by atoms with E-state index >= 15 is 0 Å². The van der Waals surface area contributed by atoms with Gasteiger partial charge in [-0.25, -0.2) is 0 Å². The third-order valence-electron chi connectivity index (χ3n) is 4.53.